The summed E-state index contributed by atoms with van der Waals surface area (Å²) in [5, 5.41) is 0. The number of carbonyl (C=O) groups is 1. The zero-order chi connectivity index (χ0) is 18.6. The minimum absolute atomic E-state index is 0.171. The molecule has 1 N–H and O–H groups in total. The van der Waals surface area contributed by atoms with Gasteiger partial charge in [-0.25, -0.2) is 4.98 Å². The van der Waals surface area contributed by atoms with Crippen LogP contribution in [-0.2, 0) is 4.79 Å². The van der Waals surface area contributed by atoms with Crippen molar-refractivity contribution in [3.63, 3.8) is 0 Å². The van der Waals surface area contributed by atoms with Crippen LogP contribution in [0.1, 0.15) is 36.6 Å². The number of nitrogens with zero attached hydrogens (tertiary/aromatic N) is 2. The maximum Gasteiger partial charge on any atom is 0.225 e. The first kappa shape index (κ1) is 17.6. The third-order valence-corrected chi connectivity index (χ3v) is 5.25. The van der Waals surface area contributed by atoms with Crippen LogP contribution in [0.25, 0.3) is 11.0 Å². The predicted octanol–water partition coefficient (Wildman–Crippen LogP) is 4.05. The summed E-state index contributed by atoms with van der Waals surface area (Å²) in [6.07, 6.45) is 2.32. The van der Waals surface area contributed by atoms with Crippen molar-refractivity contribution in [3.8, 4) is 5.75 Å². The highest BCUT2D eigenvalue weighted by Gasteiger charge is 2.25. The van der Waals surface area contributed by atoms with Gasteiger partial charge in [0.1, 0.15) is 11.6 Å². The Bertz CT molecular complexity index is 876. The average molecular weight is 363 g/mol. The van der Waals surface area contributed by atoms with Crippen molar-refractivity contribution in [2.45, 2.75) is 32.1 Å². The van der Waals surface area contributed by atoms with E-state index < -0.39 is 0 Å². The third-order valence-electron chi connectivity index (χ3n) is 5.25. The molecule has 1 aliphatic heterocycles. The van der Waals surface area contributed by atoms with E-state index in [9.17, 15) is 4.79 Å². The number of aryl methyl sites for hydroxylation is 1. The van der Waals surface area contributed by atoms with Crippen LogP contribution in [0.15, 0.2) is 48.5 Å². The van der Waals surface area contributed by atoms with E-state index in [2.05, 4.69) is 11.1 Å². The number of H-pyrrole nitrogens is 1. The first-order valence-corrected chi connectivity index (χ1v) is 9.61. The van der Waals surface area contributed by atoms with Gasteiger partial charge in [-0.3, -0.25) is 4.79 Å². The summed E-state index contributed by atoms with van der Waals surface area (Å²) in [4.78, 5) is 22.6. The fraction of sp³-hybridized carbons (Fsp3) is 0.364. The quantitative estimate of drug-likeness (QED) is 0.744. The van der Waals surface area contributed by atoms with Gasteiger partial charge in [0, 0.05) is 19.0 Å². The lowest BCUT2D eigenvalue weighted by molar-refractivity contribution is -0.132. The molecule has 0 atom stereocenters. The molecule has 5 nitrogen and oxygen atoms in total. The Balaban J connectivity index is 1.25. The second-order valence-corrected chi connectivity index (χ2v) is 7.21. The Morgan fingerprint density at radius 2 is 1.89 bits per heavy atom. The van der Waals surface area contributed by atoms with Gasteiger partial charge in [0.05, 0.1) is 24.1 Å². The molecule has 1 saturated heterocycles. The van der Waals surface area contributed by atoms with E-state index in [4.69, 9.17) is 9.72 Å². The first-order chi connectivity index (χ1) is 13.2. The molecule has 0 radical (unpaired) electrons. The summed E-state index contributed by atoms with van der Waals surface area (Å²) < 4.78 is 5.68. The molecule has 0 aliphatic carbocycles. The molecule has 4 rings (SSSR count). The maximum atomic E-state index is 12.4. The molecule has 2 aromatic carbocycles. The third kappa shape index (κ3) is 4.13. The molecular weight excluding hydrogens is 338 g/mol. The van der Waals surface area contributed by atoms with Crippen LogP contribution in [-0.4, -0.2) is 40.5 Å². The molecule has 140 valence electrons. The predicted molar refractivity (Wildman–Crippen MR) is 106 cm³/mol. The summed E-state index contributed by atoms with van der Waals surface area (Å²) in [6, 6.07) is 16.0. The Kier molecular flexibility index (Phi) is 5.10. The molecule has 2 heterocycles. The number of benzene rings is 2. The zero-order valence-corrected chi connectivity index (χ0v) is 15.6. The van der Waals surface area contributed by atoms with Crippen LogP contribution in [0.5, 0.6) is 5.75 Å². The Hall–Kier alpha value is -2.82. The summed E-state index contributed by atoms with van der Waals surface area (Å²) in [7, 11) is 0. The highest BCUT2D eigenvalue weighted by molar-refractivity contribution is 5.76. The van der Waals surface area contributed by atoms with E-state index in [1.165, 1.54) is 5.56 Å². The molecule has 1 fully saturated rings. The molecule has 0 saturated carbocycles. The van der Waals surface area contributed by atoms with Crippen LogP contribution < -0.4 is 4.74 Å². The Labute approximate surface area is 159 Å². The minimum Gasteiger partial charge on any atom is -0.493 e. The van der Waals surface area contributed by atoms with Crippen LogP contribution in [0.2, 0.25) is 0 Å². The van der Waals surface area contributed by atoms with Crippen molar-refractivity contribution in [2.75, 3.05) is 19.7 Å². The minimum atomic E-state index is 0.171. The molecule has 1 amide bonds. The van der Waals surface area contributed by atoms with Crippen molar-refractivity contribution in [1.82, 2.24) is 14.9 Å². The fourth-order valence-corrected chi connectivity index (χ4v) is 3.62. The number of piperidine rings is 1. The molecule has 1 aromatic heterocycles. The molecule has 0 bridgehead atoms. The van der Waals surface area contributed by atoms with Crippen molar-refractivity contribution in [2.24, 2.45) is 0 Å². The van der Waals surface area contributed by atoms with E-state index in [-0.39, 0.29) is 5.91 Å². The van der Waals surface area contributed by atoms with Gasteiger partial charge < -0.3 is 14.6 Å². The molecule has 27 heavy (non-hydrogen) atoms. The lowest BCUT2D eigenvalue weighted by atomic mass is 9.96. The Morgan fingerprint density at radius 3 is 2.63 bits per heavy atom. The number of rotatable bonds is 5. The monoisotopic (exact) mass is 363 g/mol. The van der Waals surface area contributed by atoms with E-state index in [0.717, 1.165) is 48.5 Å². The highest BCUT2D eigenvalue weighted by atomic mass is 16.5. The number of hydrogen-bond donors (Lipinski definition) is 1. The smallest absolute Gasteiger partial charge is 0.225 e. The van der Waals surface area contributed by atoms with E-state index in [1.54, 1.807) is 0 Å². The number of carbonyl (C=O) groups excluding carboxylic acids is 1. The molecule has 0 spiro atoms. The number of ether oxygens (including phenoxy) is 1. The van der Waals surface area contributed by atoms with Gasteiger partial charge in [-0.2, -0.15) is 0 Å². The Morgan fingerprint density at radius 1 is 1.15 bits per heavy atom. The molecular formula is C22H25N3O2. The van der Waals surface area contributed by atoms with Crippen LogP contribution in [0, 0.1) is 6.92 Å². The van der Waals surface area contributed by atoms with E-state index in [1.807, 2.05) is 54.3 Å². The fourth-order valence-electron chi connectivity index (χ4n) is 3.62. The van der Waals surface area contributed by atoms with Gasteiger partial charge in [0.2, 0.25) is 5.91 Å². The standard InChI is InChI=1S/C22H25N3O2/c1-16-6-8-18(9-7-16)27-15-12-21(26)25-13-10-17(11-14-25)22-23-19-4-2-3-5-20(19)24-22/h2-9,17H,10-15H2,1H3,(H,23,24). The SMILES string of the molecule is Cc1ccc(OCCC(=O)N2CCC(c3nc4ccccc4[nH]3)CC2)cc1. The normalized spacial score (nSPS) is 15.2. The lowest BCUT2D eigenvalue weighted by Crippen LogP contribution is -2.38. The average Bonchev–Trinajstić information content (AvgIpc) is 3.14. The number of amides is 1. The van der Waals surface area contributed by atoms with Gasteiger partial charge in [-0.05, 0) is 44.0 Å². The summed E-state index contributed by atoms with van der Waals surface area (Å²) in [5.41, 5.74) is 3.30. The van der Waals surface area contributed by atoms with Crippen molar-refractivity contribution in [3.05, 3.63) is 59.9 Å². The number of imidazole rings is 1. The van der Waals surface area contributed by atoms with Crippen molar-refractivity contribution in [1.29, 1.82) is 0 Å². The number of para-hydroxylation sites is 2. The molecule has 1 aliphatic rings. The second-order valence-electron chi connectivity index (χ2n) is 7.21. The number of likely N-dealkylation sites (tertiary alicyclic amines) is 1. The van der Waals surface area contributed by atoms with Crippen LogP contribution >= 0.6 is 0 Å². The van der Waals surface area contributed by atoms with Crippen LogP contribution in [0.3, 0.4) is 0 Å². The van der Waals surface area contributed by atoms with Gasteiger partial charge in [-0.15, -0.1) is 0 Å². The number of aromatic nitrogens is 2. The largest absolute Gasteiger partial charge is 0.493 e. The topological polar surface area (TPSA) is 58.2 Å². The highest BCUT2D eigenvalue weighted by Crippen LogP contribution is 2.28. The van der Waals surface area contributed by atoms with E-state index in [0.29, 0.717) is 18.9 Å². The second kappa shape index (κ2) is 7.82. The molecule has 5 heteroatoms. The number of fused-ring (bicyclic) bond motifs is 1. The molecule has 0 unspecified atom stereocenters. The zero-order valence-electron chi connectivity index (χ0n) is 15.6. The maximum absolute atomic E-state index is 12.4. The molecule has 3 aromatic rings. The van der Waals surface area contributed by atoms with Crippen LogP contribution in [0.4, 0.5) is 0 Å². The number of nitrogens with one attached hydrogen (secondary N) is 1. The number of hydrogen-bond acceptors (Lipinski definition) is 3. The van der Waals surface area contributed by atoms with E-state index >= 15 is 0 Å². The first-order valence-electron chi connectivity index (χ1n) is 9.61. The summed E-state index contributed by atoms with van der Waals surface area (Å²) in [6.45, 7) is 4.03. The van der Waals surface area contributed by atoms with Crippen molar-refractivity contribution >= 4 is 16.9 Å². The lowest BCUT2D eigenvalue weighted by Gasteiger charge is -2.31. The number of aromatic amines is 1. The van der Waals surface area contributed by atoms with Gasteiger partial charge in [0.25, 0.3) is 0 Å². The van der Waals surface area contributed by atoms with Gasteiger partial charge in [0.15, 0.2) is 0 Å². The van der Waals surface area contributed by atoms with Crippen molar-refractivity contribution < 1.29 is 9.53 Å². The van der Waals surface area contributed by atoms with Gasteiger partial charge >= 0.3 is 0 Å². The summed E-state index contributed by atoms with van der Waals surface area (Å²) >= 11 is 0. The van der Waals surface area contributed by atoms with Gasteiger partial charge in [-0.1, -0.05) is 29.8 Å². The summed E-state index contributed by atoms with van der Waals surface area (Å²) in [5.74, 6) is 2.43.